The highest BCUT2D eigenvalue weighted by Crippen LogP contribution is 2.06. The van der Waals surface area contributed by atoms with Gasteiger partial charge in [0.1, 0.15) is 0 Å². The molecular weight excluding hydrogens is 264 g/mol. The molecule has 0 aromatic heterocycles. The Bertz CT molecular complexity index is 622. The molecule has 2 N–H and O–H groups in total. The molecule has 2 aromatic rings. The van der Waals surface area contributed by atoms with Crippen LogP contribution in [0.25, 0.3) is 0 Å². The predicted octanol–water partition coefficient (Wildman–Crippen LogP) is 3.21. The summed E-state index contributed by atoms with van der Waals surface area (Å²) < 4.78 is 0. The summed E-state index contributed by atoms with van der Waals surface area (Å²) in [5.41, 5.74) is 1.46. The van der Waals surface area contributed by atoms with E-state index >= 15 is 0 Å². The Morgan fingerprint density at radius 2 is 1.33 bits per heavy atom. The lowest BCUT2D eigenvalue weighted by molar-refractivity contribution is -0.115. The van der Waals surface area contributed by atoms with E-state index in [1.54, 1.807) is 12.1 Å². The van der Waals surface area contributed by atoms with Crippen molar-refractivity contribution in [3.8, 4) is 0 Å². The summed E-state index contributed by atoms with van der Waals surface area (Å²) in [5, 5.41) is 5.45. The number of amides is 2. The molecule has 0 atom stereocenters. The zero-order valence-electron chi connectivity index (χ0n) is 11.5. The first-order valence-corrected chi connectivity index (χ1v) is 6.61. The molecule has 0 unspecified atom stereocenters. The number of rotatable bonds is 5. The molecule has 0 fully saturated rings. The van der Waals surface area contributed by atoms with E-state index in [-0.39, 0.29) is 18.2 Å². The molecule has 2 amide bonds. The predicted molar refractivity (Wildman–Crippen MR) is 83.9 cm³/mol. The molecule has 2 rings (SSSR count). The number of hydrogen-bond donors (Lipinski definition) is 2. The van der Waals surface area contributed by atoms with Crippen LogP contribution in [0.4, 0.5) is 11.4 Å². The quantitative estimate of drug-likeness (QED) is 0.826. The van der Waals surface area contributed by atoms with Crippen molar-refractivity contribution in [3.63, 3.8) is 0 Å². The van der Waals surface area contributed by atoms with Gasteiger partial charge in [-0.25, -0.2) is 0 Å². The Kier molecular flexibility index (Phi) is 5.29. The van der Waals surface area contributed by atoms with Gasteiger partial charge in [0.05, 0.1) is 0 Å². The number of hydrogen-bond acceptors (Lipinski definition) is 2. The van der Waals surface area contributed by atoms with Gasteiger partial charge in [-0.15, -0.1) is 0 Å². The topological polar surface area (TPSA) is 58.2 Å². The van der Waals surface area contributed by atoms with Gasteiger partial charge in [0.25, 0.3) is 0 Å². The van der Waals surface area contributed by atoms with Crippen molar-refractivity contribution in [3.05, 3.63) is 72.8 Å². The van der Waals surface area contributed by atoms with Gasteiger partial charge >= 0.3 is 0 Å². The van der Waals surface area contributed by atoms with E-state index in [0.29, 0.717) is 0 Å². The van der Waals surface area contributed by atoms with Gasteiger partial charge in [-0.2, -0.15) is 0 Å². The zero-order chi connectivity index (χ0) is 14.9. The van der Waals surface area contributed by atoms with Gasteiger partial charge in [-0.05, 0) is 30.3 Å². The Morgan fingerprint density at radius 1 is 0.810 bits per heavy atom. The van der Waals surface area contributed by atoms with Crippen LogP contribution < -0.4 is 10.6 Å². The Morgan fingerprint density at radius 3 is 1.90 bits per heavy atom. The minimum atomic E-state index is -0.256. The van der Waals surface area contributed by atoms with Crippen LogP contribution in [-0.4, -0.2) is 11.8 Å². The number of nitrogens with one attached hydrogen (secondary N) is 2. The average molecular weight is 280 g/mol. The van der Waals surface area contributed by atoms with Crippen molar-refractivity contribution in [1.82, 2.24) is 0 Å². The summed E-state index contributed by atoms with van der Waals surface area (Å²) in [7, 11) is 0. The summed E-state index contributed by atoms with van der Waals surface area (Å²) in [4.78, 5) is 23.3. The summed E-state index contributed by atoms with van der Waals surface area (Å²) in [6, 6.07) is 18.3. The molecule has 0 aliphatic carbocycles. The third kappa shape index (κ3) is 5.32. The van der Waals surface area contributed by atoms with Crippen LogP contribution >= 0.6 is 0 Å². The number of anilines is 2. The van der Waals surface area contributed by atoms with Crippen molar-refractivity contribution < 1.29 is 9.59 Å². The van der Waals surface area contributed by atoms with E-state index in [0.717, 1.165) is 11.4 Å². The first-order valence-electron chi connectivity index (χ1n) is 6.61. The molecule has 0 spiro atoms. The molecule has 0 heterocycles. The van der Waals surface area contributed by atoms with Crippen LogP contribution in [0.3, 0.4) is 0 Å². The lowest BCUT2D eigenvalue weighted by Crippen LogP contribution is -2.11. The van der Waals surface area contributed by atoms with E-state index in [2.05, 4.69) is 10.6 Å². The molecule has 0 bridgehead atoms. The first-order chi connectivity index (χ1) is 10.2. The highest BCUT2D eigenvalue weighted by Gasteiger charge is 2.00. The van der Waals surface area contributed by atoms with Gasteiger partial charge in [0, 0.05) is 17.8 Å². The van der Waals surface area contributed by atoms with Crippen LogP contribution in [0.5, 0.6) is 0 Å². The molecule has 0 saturated heterocycles. The fourth-order valence-electron chi connectivity index (χ4n) is 1.71. The van der Waals surface area contributed by atoms with E-state index in [1.807, 2.05) is 48.5 Å². The smallest absolute Gasteiger partial charge is 0.248 e. The second kappa shape index (κ2) is 7.65. The lowest BCUT2D eigenvalue weighted by atomic mass is 10.3. The van der Waals surface area contributed by atoms with Crippen molar-refractivity contribution in [1.29, 1.82) is 0 Å². The molecule has 0 radical (unpaired) electrons. The van der Waals surface area contributed by atoms with E-state index in [4.69, 9.17) is 0 Å². The van der Waals surface area contributed by atoms with Gasteiger partial charge in [0.15, 0.2) is 0 Å². The molecule has 0 aliphatic rings. The van der Waals surface area contributed by atoms with Gasteiger partial charge in [0.2, 0.25) is 11.8 Å². The zero-order valence-corrected chi connectivity index (χ0v) is 11.5. The normalized spacial score (nSPS) is 10.3. The summed E-state index contributed by atoms with van der Waals surface area (Å²) in [5.74, 6) is -0.418. The van der Waals surface area contributed by atoms with Crippen LogP contribution in [-0.2, 0) is 9.59 Å². The van der Waals surface area contributed by atoms with Gasteiger partial charge < -0.3 is 10.6 Å². The summed E-state index contributed by atoms with van der Waals surface area (Å²) in [6.45, 7) is 0. The Balaban J connectivity index is 1.77. The van der Waals surface area contributed by atoms with Crippen molar-refractivity contribution in [2.24, 2.45) is 0 Å². The van der Waals surface area contributed by atoms with E-state index in [1.165, 1.54) is 12.2 Å². The summed E-state index contributed by atoms with van der Waals surface area (Å²) in [6.07, 6.45) is 3.05. The van der Waals surface area contributed by atoms with Crippen LogP contribution in [0, 0.1) is 0 Å². The van der Waals surface area contributed by atoms with Gasteiger partial charge in [-0.1, -0.05) is 42.5 Å². The molecule has 21 heavy (non-hydrogen) atoms. The maximum atomic E-state index is 11.7. The maximum absolute atomic E-state index is 11.7. The molecule has 4 heteroatoms. The summed E-state index contributed by atoms with van der Waals surface area (Å²) >= 11 is 0. The van der Waals surface area contributed by atoms with Crippen LogP contribution in [0.1, 0.15) is 6.42 Å². The van der Waals surface area contributed by atoms with Crippen molar-refractivity contribution in [2.75, 3.05) is 10.6 Å². The number of benzene rings is 2. The number of para-hydroxylation sites is 2. The Labute approximate surface area is 123 Å². The fraction of sp³-hybridized carbons (Fsp3) is 0.0588. The number of carbonyl (C=O) groups excluding carboxylic acids is 2. The molecule has 0 saturated carbocycles. The molecular formula is C17H16N2O2. The molecule has 4 nitrogen and oxygen atoms in total. The Hall–Kier alpha value is -2.88. The monoisotopic (exact) mass is 280 g/mol. The largest absolute Gasteiger partial charge is 0.326 e. The van der Waals surface area contributed by atoms with Crippen LogP contribution in [0.15, 0.2) is 72.8 Å². The van der Waals surface area contributed by atoms with Crippen LogP contribution in [0.2, 0.25) is 0 Å². The highest BCUT2D eigenvalue weighted by molar-refractivity contribution is 6.00. The lowest BCUT2D eigenvalue weighted by Gasteiger charge is -2.02. The van der Waals surface area contributed by atoms with Gasteiger partial charge in [-0.3, -0.25) is 9.59 Å². The van der Waals surface area contributed by atoms with Crippen molar-refractivity contribution >= 4 is 23.2 Å². The number of carbonyl (C=O) groups is 2. The molecule has 2 aromatic carbocycles. The van der Waals surface area contributed by atoms with E-state index in [9.17, 15) is 9.59 Å². The third-order valence-electron chi connectivity index (χ3n) is 2.67. The highest BCUT2D eigenvalue weighted by atomic mass is 16.2. The fourth-order valence-corrected chi connectivity index (χ4v) is 1.71. The average Bonchev–Trinajstić information content (AvgIpc) is 2.49. The van der Waals surface area contributed by atoms with E-state index < -0.39 is 0 Å². The molecule has 0 aliphatic heterocycles. The van der Waals surface area contributed by atoms with Crippen molar-refractivity contribution in [2.45, 2.75) is 6.42 Å². The second-order valence-corrected chi connectivity index (χ2v) is 4.38. The standard InChI is InChI=1S/C17H16N2O2/c20-16(18-14-8-3-1-4-9-14)12-7-13-17(21)19-15-10-5-2-6-11-15/h1-12H,13H2,(H,18,20)(H,19,21)/b12-7+. The maximum Gasteiger partial charge on any atom is 0.248 e. The minimum Gasteiger partial charge on any atom is -0.326 e. The SMILES string of the molecule is O=C(/C=C/CC(=O)Nc1ccccc1)Nc1ccccc1. The third-order valence-corrected chi connectivity index (χ3v) is 2.67. The molecule has 106 valence electrons. The second-order valence-electron chi connectivity index (χ2n) is 4.38. The first kappa shape index (κ1) is 14.5. The minimum absolute atomic E-state index is 0.150.